The van der Waals surface area contributed by atoms with Gasteiger partial charge in [-0.15, -0.1) is 0 Å². The van der Waals surface area contributed by atoms with E-state index in [0.29, 0.717) is 5.82 Å². The lowest BCUT2D eigenvalue weighted by atomic mass is 9.74. The van der Waals surface area contributed by atoms with Gasteiger partial charge in [0.15, 0.2) is 0 Å². The average molecular weight is 257 g/mol. The van der Waals surface area contributed by atoms with Crippen LogP contribution < -0.4 is 11.1 Å². The van der Waals surface area contributed by atoms with Gasteiger partial charge < -0.3 is 11.1 Å². The Labute approximate surface area is 106 Å². The second-order valence-corrected chi connectivity index (χ2v) is 5.35. The van der Waals surface area contributed by atoms with Crippen LogP contribution in [0.2, 0.25) is 5.28 Å². The van der Waals surface area contributed by atoms with Crippen molar-refractivity contribution in [3.05, 3.63) is 17.5 Å². The Morgan fingerprint density at radius 2 is 2.00 bits per heavy atom. The Balaban J connectivity index is 2.87. The van der Waals surface area contributed by atoms with Gasteiger partial charge in [-0.2, -0.15) is 0 Å². The number of aromatic nitrogens is 2. The van der Waals surface area contributed by atoms with Crippen molar-refractivity contribution in [2.45, 2.75) is 33.2 Å². The number of carbonyl (C=O) groups is 1. The van der Waals surface area contributed by atoms with E-state index in [-0.39, 0.29) is 11.2 Å². The summed E-state index contributed by atoms with van der Waals surface area (Å²) in [5.41, 5.74) is 4.60. The van der Waals surface area contributed by atoms with Crippen molar-refractivity contribution in [3.63, 3.8) is 0 Å². The minimum absolute atomic E-state index is 0.0904. The molecule has 0 spiro atoms. The number of nitrogens with two attached hydrogens (primary N) is 1. The molecule has 94 valence electrons. The summed E-state index contributed by atoms with van der Waals surface area (Å²) in [4.78, 5) is 19.7. The Hall–Kier alpha value is -1.20. The third kappa shape index (κ3) is 3.14. The lowest BCUT2D eigenvalue weighted by Gasteiger charge is -2.36. The van der Waals surface area contributed by atoms with Crippen LogP contribution in [0.3, 0.4) is 0 Å². The summed E-state index contributed by atoms with van der Waals surface area (Å²) in [6.07, 6.45) is 1.48. The molecule has 6 heteroatoms. The number of hydrogen-bond donors (Lipinski definition) is 2. The van der Waals surface area contributed by atoms with Gasteiger partial charge in [-0.05, 0) is 45.4 Å². The number of amides is 1. The zero-order valence-corrected chi connectivity index (χ0v) is 11.2. The van der Waals surface area contributed by atoms with Gasteiger partial charge in [0.25, 0.3) is 0 Å². The molecule has 0 aliphatic carbocycles. The second kappa shape index (κ2) is 4.58. The molecule has 1 amide bonds. The average Bonchev–Trinajstić information content (AvgIpc) is 2.15. The first-order valence-electron chi connectivity index (χ1n) is 5.23. The van der Waals surface area contributed by atoms with Crippen LogP contribution in [0, 0.1) is 5.41 Å². The van der Waals surface area contributed by atoms with Crippen LogP contribution in [-0.4, -0.2) is 21.4 Å². The normalized spacial score (nSPS) is 12.4. The van der Waals surface area contributed by atoms with Crippen LogP contribution in [0.15, 0.2) is 12.3 Å². The Bertz CT molecular complexity index is 426. The summed E-state index contributed by atoms with van der Waals surface area (Å²) in [6, 6.07) is 1.57. The van der Waals surface area contributed by atoms with E-state index in [9.17, 15) is 4.79 Å². The fourth-order valence-corrected chi connectivity index (χ4v) is 1.12. The van der Waals surface area contributed by atoms with E-state index in [1.165, 1.54) is 6.20 Å². The number of hydrogen-bond acceptors (Lipinski definition) is 4. The molecule has 0 atom stereocenters. The summed E-state index contributed by atoms with van der Waals surface area (Å²) < 4.78 is 0. The number of rotatable bonds is 3. The lowest BCUT2D eigenvalue weighted by Crippen LogP contribution is -2.53. The molecular formula is C11H17ClN4O. The number of carbonyl (C=O) groups excluding carboxylic acids is 1. The quantitative estimate of drug-likeness (QED) is 0.809. The van der Waals surface area contributed by atoms with E-state index in [4.69, 9.17) is 17.3 Å². The van der Waals surface area contributed by atoms with Gasteiger partial charge in [-0.3, -0.25) is 4.79 Å². The molecule has 1 aromatic heterocycles. The molecular weight excluding hydrogens is 240 g/mol. The van der Waals surface area contributed by atoms with Crippen molar-refractivity contribution in [2.24, 2.45) is 11.1 Å². The molecule has 0 bridgehead atoms. The van der Waals surface area contributed by atoms with Crippen LogP contribution in [0.1, 0.15) is 27.7 Å². The van der Waals surface area contributed by atoms with Crippen LogP contribution in [0.25, 0.3) is 0 Å². The third-order valence-corrected chi connectivity index (χ3v) is 3.23. The maximum atomic E-state index is 12.1. The van der Waals surface area contributed by atoms with Crippen molar-refractivity contribution < 1.29 is 4.79 Å². The van der Waals surface area contributed by atoms with Crippen LogP contribution >= 0.6 is 11.6 Å². The molecule has 1 aromatic rings. The van der Waals surface area contributed by atoms with Crippen molar-refractivity contribution in [1.82, 2.24) is 9.97 Å². The zero-order valence-electron chi connectivity index (χ0n) is 10.4. The highest BCUT2D eigenvalue weighted by atomic mass is 35.5. The Morgan fingerprint density at radius 1 is 1.41 bits per heavy atom. The van der Waals surface area contributed by atoms with E-state index in [1.54, 1.807) is 33.8 Å². The van der Waals surface area contributed by atoms with Gasteiger partial charge in [0.1, 0.15) is 5.82 Å². The summed E-state index contributed by atoms with van der Waals surface area (Å²) in [7, 11) is 0. The van der Waals surface area contributed by atoms with E-state index < -0.39 is 11.0 Å². The molecule has 0 saturated heterocycles. The first-order valence-corrected chi connectivity index (χ1v) is 5.61. The van der Waals surface area contributed by atoms with E-state index in [1.807, 2.05) is 0 Å². The predicted molar refractivity (Wildman–Crippen MR) is 67.7 cm³/mol. The van der Waals surface area contributed by atoms with Crippen molar-refractivity contribution in [2.75, 3.05) is 5.32 Å². The van der Waals surface area contributed by atoms with Gasteiger partial charge in [0, 0.05) is 11.7 Å². The Kier molecular flexibility index (Phi) is 3.74. The first kappa shape index (κ1) is 13.9. The molecule has 3 N–H and O–H groups in total. The van der Waals surface area contributed by atoms with Crippen LogP contribution in [0.4, 0.5) is 5.82 Å². The fourth-order valence-electron chi connectivity index (χ4n) is 0.970. The maximum Gasteiger partial charge on any atom is 0.233 e. The first-order chi connectivity index (χ1) is 7.64. The molecule has 0 saturated carbocycles. The summed E-state index contributed by atoms with van der Waals surface area (Å²) in [6.45, 7) is 7.18. The van der Waals surface area contributed by atoms with Gasteiger partial charge in [0.2, 0.25) is 11.2 Å². The van der Waals surface area contributed by atoms with Gasteiger partial charge in [-0.1, -0.05) is 0 Å². The summed E-state index contributed by atoms with van der Waals surface area (Å²) >= 11 is 5.63. The molecule has 0 unspecified atom stereocenters. The van der Waals surface area contributed by atoms with Gasteiger partial charge >= 0.3 is 0 Å². The fraction of sp³-hybridized carbons (Fsp3) is 0.545. The minimum atomic E-state index is -0.732. The molecule has 17 heavy (non-hydrogen) atoms. The standard InChI is InChI=1S/C11H17ClN4O/c1-10(2,11(3,4)13)8(17)15-7-5-6-14-9(12)16-7/h5-6H,13H2,1-4H3,(H,14,15,16,17). The lowest BCUT2D eigenvalue weighted by molar-refractivity contribution is -0.126. The Morgan fingerprint density at radius 3 is 2.47 bits per heavy atom. The monoisotopic (exact) mass is 256 g/mol. The topological polar surface area (TPSA) is 80.9 Å². The summed E-state index contributed by atoms with van der Waals surface area (Å²) in [5, 5.41) is 2.77. The molecule has 1 heterocycles. The van der Waals surface area contributed by atoms with Crippen molar-refractivity contribution in [3.8, 4) is 0 Å². The number of halogens is 1. The molecule has 0 aliphatic rings. The highest BCUT2D eigenvalue weighted by molar-refractivity contribution is 6.28. The van der Waals surface area contributed by atoms with E-state index in [2.05, 4.69) is 15.3 Å². The van der Waals surface area contributed by atoms with Gasteiger partial charge in [0.05, 0.1) is 5.41 Å². The third-order valence-electron chi connectivity index (χ3n) is 3.05. The second-order valence-electron chi connectivity index (χ2n) is 5.01. The number of anilines is 1. The molecule has 1 rings (SSSR count). The van der Waals surface area contributed by atoms with Crippen LogP contribution in [-0.2, 0) is 4.79 Å². The summed E-state index contributed by atoms with van der Waals surface area (Å²) in [5.74, 6) is 0.159. The van der Waals surface area contributed by atoms with E-state index in [0.717, 1.165) is 0 Å². The van der Waals surface area contributed by atoms with Gasteiger partial charge in [-0.25, -0.2) is 9.97 Å². The number of nitrogens with zero attached hydrogens (tertiary/aromatic N) is 2. The molecule has 0 radical (unpaired) electrons. The SMILES string of the molecule is CC(C)(N)C(C)(C)C(=O)Nc1ccnc(Cl)n1. The smallest absolute Gasteiger partial charge is 0.233 e. The molecule has 0 aromatic carbocycles. The molecule has 5 nitrogen and oxygen atoms in total. The van der Waals surface area contributed by atoms with E-state index >= 15 is 0 Å². The maximum absolute atomic E-state index is 12.1. The van der Waals surface area contributed by atoms with Crippen molar-refractivity contribution >= 4 is 23.3 Å². The van der Waals surface area contributed by atoms with Crippen molar-refractivity contribution in [1.29, 1.82) is 0 Å². The van der Waals surface area contributed by atoms with Crippen LogP contribution in [0.5, 0.6) is 0 Å². The number of nitrogens with one attached hydrogen (secondary N) is 1. The zero-order chi connectivity index (χ0) is 13.3. The largest absolute Gasteiger partial charge is 0.325 e. The molecule has 0 fully saturated rings. The highest BCUT2D eigenvalue weighted by Gasteiger charge is 2.40. The highest BCUT2D eigenvalue weighted by Crippen LogP contribution is 2.29. The predicted octanol–water partition coefficient (Wildman–Crippen LogP) is 1.83. The minimum Gasteiger partial charge on any atom is -0.325 e. The molecule has 0 aliphatic heterocycles.